The van der Waals surface area contributed by atoms with E-state index in [1.165, 1.54) is 18.2 Å². The van der Waals surface area contributed by atoms with Gasteiger partial charge in [-0.2, -0.15) is 0 Å². The van der Waals surface area contributed by atoms with Crippen LogP contribution in [0, 0.1) is 0 Å². The first-order chi connectivity index (χ1) is 15.6. The molecule has 172 valence electrons. The number of ether oxygens (including phenoxy) is 1. The molecule has 0 spiro atoms. The zero-order valence-corrected chi connectivity index (χ0v) is 21.3. The summed E-state index contributed by atoms with van der Waals surface area (Å²) in [5, 5.41) is 0.581. The van der Waals surface area contributed by atoms with Gasteiger partial charge < -0.3 is 9.64 Å². The van der Waals surface area contributed by atoms with E-state index in [2.05, 4.69) is 20.7 Å². The fourth-order valence-corrected chi connectivity index (χ4v) is 5.61. The lowest BCUT2D eigenvalue weighted by atomic mass is 10.1. The molecule has 1 unspecified atom stereocenters. The molecule has 0 saturated carbocycles. The smallest absolute Gasteiger partial charge is 0.265 e. The minimum atomic E-state index is -3.87. The molecule has 4 rings (SSSR count). The number of halogens is 3. The number of nitrogens with one attached hydrogen (secondary N) is 1. The Labute approximate surface area is 210 Å². The average Bonchev–Trinajstić information content (AvgIpc) is 3.08. The van der Waals surface area contributed by atoms with E-state index in [1.54, 1.807) is 29.2 Å². The standard InChI is InChI=1S/C23H19BrCl2N2O4S/c1-14-10-15-11-16(24)2-8-21(15)28(14)23(29)13-32-22-9-7-19(12-20(22)26)33(30,31)27-18-5-3-17(25)4-6-18/h2-9,11-12,14,27H,10,13H2,1H3. The Bertz CT molecular complexity index is 1320. The Kier molecular flexibility index (Phi) is 6.91. The second-order valence-corrected chi connectivity index (χ2v) is 11.0. The molecule has 0 bridgehead atoms. The average molecular weight is 570 g/mol. The maximum atomic E-state index is 12.9. The van der Waals surface area contributed by atoms with Gasteiger partial charge >= 0.3 is 0 Å². The zero-order chi connectivity index (χ0) is 23.8. The molecule has 1 amide bonds. The lowest BCUT2D eigenvalue weighted by Gasteiger charge is -2.23. The molecule has 0 saturated heterocycles. The van der Waals surface area contributed by atoms with Gasteiger partial charge in [0.25, 0.3) is 15.9 Å². The number of benzene rings is 3. The second-order valence-electron chi connectivity index (χ2n) is 7.58. The van der Waals surface area contributed by atoms with E-state index in [0.717, 1.165) is 22.1 Å². The summed E-state index contributed by atoms with van der Waals surface area (Å²) in [6.07, 6.45) is 0.758. The van der Waals surface area contributed by atoms with Crippen molar-refractivity contribution in [1.82, 2.24) is 0 Å². The van der Waals surface area contributed by atoms with E-state index in [9.17, 15) is 13.2 Å². The molecule has 1 atom stereocenters. The van der Waals surface area contributed by atoms with Crippen molar-refractivity contribution < 1.29 is 17.9 Å². The van der Waals surface area contributed by atoms with Crippen LogP contribution in [0.15, 0.2) is 70.0 Å². The topological polar surface area (TPSA) is 75.7 Å². The Morgan fingerprint density at radius 1 is 1.12 bits per heavy atom. The van der Waals surface area contributed by atoms with Crippen LogP contribution in [0.3, 0.4) is 0 Å². The summed E-state index contributed by atoms with van der Waals surface area (Å²) in [6, 6.07) is 16.2. The maximum absolute atomic E-state index is 12.9. The molecule has 0 radical (unpaired) electrons. The molecular weight excluding hydrogens is 551 g/mol. The first kappa shape index (κ1) is 23.9. The van der Waals surface area contributed by atoms with Crippen molar-refractivity contribution in [3.8, 4) is 5.75 Å². The van der Waals surface area contributed by atoms with E-state index in [-0.39, 0.29) is 34.2 Å². The molecule has 3 aromatic carbocycles. The Hall–Kier alpha value is -2.26. The third-order valence-corrected chi connectivity index (χ3v) is 7.61. The van der Waals surface area contributed by atoms with Crippen molar-refractivity contribution in [1.29, 1.82) is 0 Å². The maximum Gasteiger partial charge on any atom is 0.265 e. The molecule has 6 nitrogen and oxygen atoms in total. The van der Waals surface area contributed by atoms with E-state index in [4.69, 9.17) is 27.9 Å². The summed E-state index contributed by atoms with van der Waals surface area (Å²) < 4.78 is 34.4. The molecule has 1 heterocycles. The number of fused-ring (bicyclic) bond motifs is 1. The fraction of sp³-hybridized carbons (Fsp3) is 0.174. The quantitative estimate of drug-likeness (QED) is 0.400. The largest absolute Gasteiger partial charge is 0.482 e. The molecule has 3 aromatic rings. The minimum absolute atomic E-state index is 0.00679. The van der Waals surface area contributed by atoms with Gasteiger partial charge in [-0.1, -0.05) is 39.1 Å². The predicted octanol–water partition coefficient (Wildman–Crippen LogP) is 5.91. The highest BCUT2D eigenvalue weighted by Crippen LogP contribution is 2.34. The predicted molar refractivity (Wildman–Crippen MR) is 134 cm³/mol. The van der Waals surface area contributed by atoms with Crippen LogP contribution in [0.5, 0.6) is 5.75 Å². The van der Waals surface area contributed by atoms with Crippen LogP contribution < -0.4 is 14.4 Å². The van der Waals surface area contributed by atoms with Crippen molar-refractivity contribution in [2.75, 3.05) is 16.2 Å². The number of nitrogens with zero attached hydrogens (tertiary/aromatic N) is 1. The molecule has 1 N–H and O–H groups in total. The van der Waals surface area contributed by atoms with Gasteiger partial charge in [-0.05, 0) is 79.6 Å². The fourth-order valence-electron chi connectivity index (χ4n) is 3.69. The number of hydrogen-bond acceptors (Lipinski definition) is 4. The van der Waals surface area contributed by atoms with Crippen LogP contribution in [-0.2, 0) is 21.2 Å². The number of sulfonamides is 1. The molecule has 10 heteroatoms. The van der Waals surface area contributed by atoms with Crippen LogP contribution in [-0.4, -0.2) is 27.0 Å². The van der Waals surface area contributed by atoms with Gasteiger partial charge in [0, 0.05) is 26.9 Å². The Morgan fingerprint density at radius 2 is 1.85 bits per heavy atom. The number of amides is 1. The molecule has 0 fully saturated rings. The number of hydrogen-bond donors (Lipinski definition) is 1. The number of anilines is 2. The first-order valence-electron chi connectivity index (χ1n) is 9.95. The van der Waals surface area contributed by atoms with Gasteiger partial charge in [0.15, 0.2) is 6.61 Å². The van der Waals surface area contributed by atoms with Gasteiger partial charge in [0.1, 0.15) is 5.75 Å². The lowest BCUT2D eigenvalue weighted by molar-refractivity contribution is -0.120. The number of carbonyl (C=O) groups excluding carboxylic acids is 1. The summed E-state index contributed by atoms with van der Waals surface area (Å²) in [7, 11) is -3.87. The summed E-state index contributed by atoms with van der Waals surface area (Å²) >= 11 is 15.6. The van der Waals surface area contributed by atoms with Crippen LogP contribution in [0.4, 0.5) is 11.4 Å². The normalized spacial score (nSPS) is 15.3. The van der Waals surface area contributed by atoms with Crippen molar-refractivity contribution in [2.45, 2.75) is 24.3 Å². The van der Waals surface area contributed by atoms with Gasteiger partial charge in [0.05, 0.1) is 9.92 Å². The molecule has 0 aliphatic carbocycles. The minimum Gasteiger partial charge on any atom is -0.482 e. The number of carbonyl (C=O) groups is 1. The van der Waals surface area contributed by atoms with Gasteiger partial charge in [-0.15, -0.1) is 0 Å². The SMILES string of the molecule is CC1Cc2cc(Br)ccc2N1C(=O)COc1ccc(S(=O)(=O)Nc2ccc(Cl)cc2)cc1Cl. The van der Waals surface area contributed by atoms with Gasteiger partial charge in [0.2, 0.25) is 0 Å². The van der Waals surface area contributed by atoms with Crippen LogP contribution >= 0.6 is 39.1 Å². The Morgan fingerprint density at radius 3 is 2.55 bits per heavy atom. The van der Waals surface area contributed by atoms with Crippen molar-refractivity contribution in [3.05, 3.63) is 80.7 Å². The van der Waals surface area contributed by atoms with Crippen LogP contribution in [0.2, 0.25) is 10.0 Å². The van der Waals surface area contributed by atoms with Gasteiger partial charge in [-0.3, -0.25) is 9.52 Å². The summed E-state index contributed by atoms with van der Waals surface area (Å²) in [4.78, 5) is 14.6. The summed E-state index contributed by atoms with van der Waals surface area (Å²) in [6.45, 7) is 1.75. The van der Waals surface area contributed by atoms with E-state index < -0.39 is 10.0 Å². The highest BCUT2D eigenvalue weighted by Gasteiger charge is 2.31. The molecular formula is C23H19BrCl2N2O4S. The molecule has 1 aliphatic rings. The molecule has 1 aliphatic heterocycles. The highest BCUT2D eigenvalue weighted by molar-refractivity contribution is 9.10. The molecule has 0 aromatic heterocycles. The summed E-state index contributed by atoms with van der Waals surface area (Å²) in [5.74, 6) is 0.0130. The van der Waals surface area contributed by atoms with Crippen molar-refractivity contribution >= 4 is 66.4 Å². The third kappa shape index (κ3) is 5.30. The number of rotatable bonds is 6. The van der Waals surface area contributed by atoms with Crippen LogP contribution in [0.1, 0.15) is 12.5 Å². The third-order valence-electron chi connectivity index (χ3n) is 5.19. The van der Waals surface area contributed by atoms with Crippen molar-refractivity contribution in [2.24, 2.45) is 0 Å². The van der Waals surface area contributed by atoms with E-state index in [0.29, 0.717) is 10.7 Å². The summed E-state index contributed by atoms with van der Waals surface area (Å²) in [5.41, 5.74) is 2.32. The zero-order valence-electron chi connectivity index (χ0n) is 17.4. The lowest BCUT2D eigenvalue weighted by Crippen LogP contribution is -2.39. The van der Waals surface area contributed by atoms with Gasteiger partial charge in [-0.25, -0.2) is 8.42 Å². The Balaban J connectivity index is 1.45. The van der Waals surface area contributed by atoms with E-state index >= 15 is 0 Å². The molecule has 33 heavy (non-hydrogen) atoms. The second kappa shape index (κ2) is 9.54. The van der Waals surface area contributed by atoms with Crippen molar-refractivity contribution in [3.63, 3.8) is 0 Å². The monoisotopic (exact) mass is 568 g/mol. The first-order valence-corrected chi connectivity index (χ1v) is 13.0. The highest BCUT2D eigenvalue weighted by atomic mass is 79.9. The van der Waals surface area contributed by atoms with Crippen LogP contribution in [0.25, 0.3) is 0 Å². The van der Waals surface area contributed by atoms with E-state index in [1.807, 2.05) is 25.1 Å².